The first-order valence-corrected chi connectivity index (χ1v) is 9.17. The standard InChI is InChI=1S/C21H25N5O2/c1-13(14-5-7-15(8-6-14)18(22)28)24-20-23-11-16-9-10-17(27)26(19(16)25-20)12-21(2,3)4/h5-11,13H,12H2,1-4H3,(H2,22,28)(H,23,24,25). The quantitative estimate of drug-likeness (QED) is 0.709. The van der Waals surface area contributed by atoms with Crippen LogP contribution in [0, 0.1) is 5.41 Å². The van der Waals surface area contributed by atoms with E-state index in [2.05, 4.69) is 36.1 Å². The number of carbonyl (C=O) groups excluding carboxylic acids is 1. The van der Waals surface area contributed by atoms with Crippen molar-refractivity contribution in [3.05, 3.63) is 64.1 Å². The molecule has 1 aromatic carbocycles. The fraction of sp³-hybridized carbons (Fsp3) is 0.333. The number of fused-ring (bicyclic) bond motifs is 1. The Labute approximate surface area is 163 Å². The fourth-order valence-electron chi connectivity index (χ4n) is 2.98. The van der Waals surface area contributed by atoms with Gasteiger partial charge in [-0.3, -0.25) is 14.2 Å². The zero-order chi connectivity index (χ0) is 20.5. The van der Waals surface area contributed by atoms with Crippen LogP contribution in [0.15, 0.2) is 47.4 Å². The fourth-order valence-corrected chi connectivity index (χ4v) is 2.98. The molecule has 0 aliphatic rings. The lowest BCUT2D eigenvalue weighted by molar-refractivity contribution is 0.100. The Kier molecular flexibility index (Phi) is 5.18. The molecule has 2 aromatic heterocycles. The van der Waals surface area contributed by atoms with E-state index in [0.29, 0.717) is 23.7 Å². The van der Waals surface area contributed by atoms with E-state index in [0.717, 1.165) is 10.9 Å². The lowest BCUT2D eigenvalue weighted by Gasteiger charge is -2.21. The molecule has 0 saturated heterocycles. The molecule has 146 valence electrons. The van der Waals surface area contributed by atoms with Crippen molar-refractivity contribution in [3.63, 3.8) is 0 Å². The normalized spacial score (nSPS) is 12.7. The Hall–Kier alpha value is -3.22. The van der Waals surface area contributed by atoms with E-state index in [9.17, 15) is 9.59 Å². The molecule has 28 heavy (non-hydrogen) atoms. The molecule has 7 heteroatoms. The Balaban J connectivity index is 1.92. The summed E-state index contributed by atoms with van der Waals surface area (Å²) >= 11 is 0. The summed E-state index contributed by atoms with van der Waals surface area (Å²) in [5.74, 6) is -0.0194. The van der Waals surface area contributed by atoms with Gasteiger partial charge in [-0.25, -0.2) is 4.98 Å². The lowest BCUT2D eigenvalue weighted by Crippen LogP contribution is -2.27. The first kappa shape index (κ1) is 19.5. The van der Waals surface area contributed by atoms with Gasteiger partial charge in [0.15, 0.2) is 0 Å². The largest absolute Gasteiger partial charge is 0.366 e. The number of primary amides is 1. The maximum Gasteiger partial charge on any atom is 0.252 e. The van der Waals surface area contributed by atoms with Crippen molar-refractivity contribution in [1.82, 2.24) is 14.5 Å². The van der Waals surface area contributed by atoms with Gasteiger partial charge in [-0.1, -0.05) is 32.9 Å². The van der Waals surface area contributed by atoms with Crippen LogP contribution in [0.25, 0.3) is 11.0 Å². The number of nitrogens with zero attached hydrogens (tertiary/aromatic N) is 3. The molecule has 1 unspecified atom stereocenters. The third kappa shape index (κ3) is 4.36. The Bertz CT molecular complexity index is 1060. The number of aromatic nitrogens is 3. The predicted molar refractivity (Wildman–Crippen MR) is 110 cm³/mol. The number of hydrogen-bond acceptors (Lipinski definition) is 5. The smallest absolute Gasteiger partial charge is 0.252 e. The molecule has 0 spiro atoms. The number of rotatable bonds is 5. The Morgan fingerprint density at radius 2 is 1.86 bits per heavy atom. The van der Waals surface area contributed by atoms with Gasteiger partial charge < -0.3 is 11.1 Å². The monoisotopic (exact) mass is 379 g/mol. The van der Waals surface area contributed by atoms with Crippen molar-refractivity contribution in [2.45, 2.75) is 40.3 Å². The van der Waals surface area contributed by atoms with Gasteiger partial charge in [0.2, 0.25) is 11.9 Å². The maximum absolute atomic E-state index is 12.4. The summed E-state index contributed by atoms with van der Waals surface area (Å²) in [7, 11) is 0. The summed E-state index contributed by atoms with van der Waals surface area (Å²) in [4.78, 5) is 32.6. The third-order valence-corrected chi connectivity index (χ3v) is 4.40. The van der Waals surface area contributed by atoms with Crippen LogP contribution in [0.5, 0.6) is 0 Å². The zero-order valence-electron chi connectivity index (χ0n) is 16.6. The molecule has 0 radical (unpaired) electrons. The molecule has 3 rings (SSSR count). The van der Waals surface area contributed by atoms with Crippen molar-refractivity contribution in [1.29, 1.82) is 0 Å². The summed E-state index contributed by atoms with van der Waals surface area (Å²) in [5.41, 5.74) is 7.18. The second kappa shape index (κ2) is 7.42. The minimum absolute atomic E-state index is 0.0634. The zero-order valence-corrected chi connectivity index (χ0v) is 16.6. The first-order chi connectivity index (χ1) is 13.1. The van der Waals surface area contributed by atoms with Gasteiger partial charge in [0.1, 0.15) is 5.65 Å². The van der Waals surface area contributed by atoms with Gasteiger partial charge >= 0.3 is 0 Å². The van der Waals surface area contributed by atoms with Crippen LogP contribution in [0.2, 0.25) is 0 Å². The first-order valence-electron chi connectivity index (χ1n) is 9.17. The van der Waals surface area contributed by atoms with Crippen molar-refractivity contribution in [3.8, 4) is 0 Å². The minimum atomic E-state index is -0.457. The lowest BCUT2D eigenvalue weighted by atomic mass is 9.97. The molecule has 2 heterocycles. The number of nitrogens with two attached hydrogens (primary N) is 1. The second-order valence-corrected chi connectivity index (χ2v) is 8.14. The number of carbonyl (C=O) groups is 1. The van der Waals surface area contributed by atoms with Crippen molar-refractivity contribution >= 4 is 22.9 Å². The number of amides is 1. The van der Waals surface area contributed by atoms with Crippen LogP contribution in [-0.4, -0.2) is 20.4 Å². The highest BCUT2D eigenvalue weighted by Gasteiger charge is 2.16. The van der Waals surface area contributed by atoms with Gasteiger partial charge in [0.25, 0.3) is 5.56 Å². The molecule has 0 fully saturated rings. The topological polar surface area (TPSA) is 103 Å². The Morgan fingerprint density at radius 1 is 1.18 bits per heavy atom. The maximum atomic E-state index is 12.4. The molecule has 0 aliphatic carbocycles. The molecule has 3 aromatic rings. The average Bonchev–Trinajstić information content (AvgIpc) is 2.63. The second-order valence-electron chi connectivity index (χ2n) is 8.14. The molecule has 7 nitrogen and oxygen atoms in total. The van der Waals surface area contributed by atoms with Crippen LogP contribution < -0.4 is 16.6 Å². The highest BCUT2D eigenvalue weighted by molar-refractivity contribution is 5.92. The van der Waals surface area contributed by atoms with E-state index in [4.69, 9.17) is 5.73 Å². The van der Waals surface area contributed by atoms with Crippen molar-refractivity contribution < 1.29 is 4.79 Å². The number of nitrogens with one attached hydrogen (secondary N) is 1. The summed E-state index contributed by atoms with van der Waals surface area (Å²) in [6.07, 6.45) is 1.71. The highest BCUT2D eigenvalue weighted by Crippen LogP contribution is 2.21. The van der Waals surface area contributed by atoms with Crippen LogP contribution in [0.4, 0.5) is 5.95 Å². The molecular weight excluding hydrogens is 354 g/mol. The van der Waals surface area contributed by atoms with Gasteiger partial charge in [0.05, 0.1) is 6.04 Å². The van der Waals surface area contributed by atoms with Crippen molar-refractivity contribution in [2.24, 2.45) is 11.1 Å². The van der Waals surface area contributed by atoms with E-state index in [-0.39, 0.29) is 17.0 Å². The molecule has 1 amide bonds. The van der Waals surface area contributed by atoms with E-state index >= 15 is 0 Å². The summed E-state index contributed by atoms with van der Waals surface area (Å²) < 4.78 is 1.69. The molecule has 1 atom stereocenters. The predicted octanol–water partition coefficient (Wildman–Crippen LogP) is 3.11. The van der Waals surface area contributed by atoms with Crippen LogP contribution in [0.3, 0.4) is 0 Å². The summed E-state index contributed by atoms with van der Waals surface area (Å²) in [6.45, 7) is 8.77. The SMILES string of the molecule is CC(Nc1ncc2ccc(=O)n(CC(C)(C)C)c2n1)c1ccc(C(N)=O)cc1. The van der Waals surface area contributed by atoms with Crippen LogP contribution in [0.1, 0.15) is 49.7 Å². The number of benzene rings is 1. The summed E-state index contributed by atoms with van der Waals surface area (Å²) in [5, 5.41) is 4.07. The van der Waals surface area contributed by atoms with E-state index < -0.39 is 5.91 Å². The number of pyridine rings is 1. The van der Waals surface area contributed by atoms with E-state index in [1.165, 1.54) is 0 Å². The van der Waals surface area contributed by atoms with E-state index in [1.807, 2.05) is 19.1 Å². The number of anilines is 1. The number of hydrogen-bond donors (Lipinski definition) is 2. The minimum Gasteiger partial charge on any atom is -0.366 e. The molecule has 0 bridgehead atoms. The average molecular weight is 379 g/mol. The van der Waals surface area contributed by atoms with Crippen LogP contribution in [-0.2, 0) is 6.54 Å². The van der Waals surface area contributed by atoms with Crippen LogP contribution >= 0.6 is 0 Å². The van der Waals surface area contributed by atoms with Gasteiger partial charge in [-0.05, 0) is 36.1 Å². The molecule has 3 N–H and O–H groups in total. The van der Waals surface area contributed by atoms with Gasteiger partial charge in [-0.2, -0.15) is 4.98 Å². The van der Waals surface area contributed by atoms with E-state index in [1.54, 1.807) is 35.0 Å². The molecular formula is C21H25N5O2. The third-order valence-electron chi connectivity index (χ3n) is 4.40. The van der Waals surface area contributed by atoms with Gasteiger partial charge in [-0.15, -0.1) is 0 Å². The molecule has 0 saturated carbocycles. The highest BCUT2D eigenvalue weighted by atomic mass is 16.1. The van der Waals surface area contributed by atoms with Crippen molar-refractivity contribution in [2.75, 3.05) is 5.32 Å². The molecule has 0 aliphatic heterocycles. The Morgan fingerprint density at radius 3 is 2.46 bits per heavy atom. The van der Waals surface area contributed by atoms with Gasteiger partial charge in [0, 0.05) is 29.8 Å². The summed E-state index contributed by atoms with van der Waals surface area (Å²) in [6, 6.07) is 10.3.